The van der Waals surface area contributed by atoms with Crippen molar-refractivity contribution in [1.82, 2.24) is 0 Å². The van der Waals surface area contributed by atoms with Crippen molar-refractivity contribution in [1.29, 1.82) is 0 Å². The highest BCUT2D eigenvalue weighted by atomic mass is 79.9. The Labute approximate surface area is 115 Å². The number of benzene rings is 1. The third kappa shape index (κ3) is 4.66. The number of ether oxygens (including phenoxy) is 1. The molecule has 0 bridgehead atoms. The smallest absolute Gasteiger partial charge is 0.412 e. The van der Waals surface area contributed by atoms with Crippen molar-refractivity contribution >= 4 is 27.7 Å². The van der Waals surface area contributed by atoms with E-state index in [1.165, 1.54) is 0 Å². The van der Waals surface area contributed by atoms with Crippen molar-refractivity contribution in [3.8, 4) is 0 Å². The second-order valence-corrected chi connectivity index (χ2v) is 5.95. The molecular formula is C13H18BrNO3. The Morgan fingerprint density at radius 1 is 1.44 bits per heavy atom. The largest absolute Gasteiger partial charge is 0.444 e. The van der Waals surface area contributed by atoms with E-state index in [0.29, 0.717) is 11.3 Å². The molecule has 1 atom stereocenters. The molecule has 5 heteroatoms. The average molecular weight is 316 g/mol. The van der Waals surface area contributed by atoms with Crippen LogP contribution in [-0.4, -0.2) is 16.8 Å². The van der Waals surface area contributed by atoms with Crippen LogP contribution in [0.4, 0.5) is 10.5 Å². The van der Waals surface area contributed by atoms with Gasteiger partial charge in [-0.3, -0.25) is 5.32 Å². The molecule has 100 valence electrons. The second-order valence-electron chi connectivity index (χ2n) is 5.03. The molecule has 1 amide bonds. The van der Waals surface area contributed by atoms with E-state index < -0.39 is 17.8 Å². The fraction of sp³-hybridized carbons (Fsp3) is 0.462. The van der Waals surface area contributed by atoms with Crippen molar-refractivity contribution in [3.63, 3.8) is 0 Å². The summed E-state index contributed by atoms with van der Waals surface area (Å²) in [7, 11) is 0. The van der Waals surface area contributed by atoms with Gasteiger partial charge in [-0.2, -0.15) is 0 Å². The molecule has 0 saturated heterocycles. The SMILES string of the molecule is CC(O)c1cc(Br)ccc1NC(=O)OC(C)(C)C. The summed E-state index contributed by atoms with van der Waals surface area (Å²) in [6.07, 6.45) is -1.21. The van der Waals surface area contributed by atoms with Gasteiger partial charge >= 0.3 is 6.09 Å². The van der Waals surface area contributed by atoms with E-state index in [4.69, 9.17) is 4.74 Å². The summed E-state index contributed by atoms with van der Waals surface area (Å²) < 4.78 is 6.00. The minimum Gasteiger partial charge on any atom is -0.444 e. The van der Waals surface area contributed by atoms with Crippen molar-refractivity contribution in [3.05, 3.63) is 28.2 Å². The van der Waals surface area contributed by atoms with E-state index >= 15 is 0 Å². The zero-order valence-electron chi connectivity index (χ0n) is 11.0. The van der Waals surface area contributed by atoms with Gasteiger partial charge in [-0.15, -0.1) is 0 Å². The summed E-state index contributed by atoms with van der Waals surface area (Å²) in [4.78, 5) is 11.7. The maximum atomic E-state index is 11.7. The van der Waals surface area contributed by atoms with Gasteiger partial charge in [-0.1, -0.05) is 15.9 Å². The molecule has 4 nitrogen and oxygen atoms in total. The summed E-state index contributed by atoms with van der Waals surface area (Å²) in [5, 5.41) is 12.3. The second kappa shape index (κ2) is 5.71. The molecule has 18 heavy (non-hydrogen) atoms. The highest BCUT2D eigenvalue weighted by Crippen LogP contribution is 2.27. The van der Waals surface area contributed by atoms with Crippen molar-refractivity contribution in [2.45, 2.75) is 39.4 Å². The molecule has 1 aromatic rings. The van der Waals surface area contributed by atoms with Gasteiger partial charge in [0.1, 0.15) is 5.60 Å². The van der Waals surface area contributed by atoms with Crippen LogP contribution in [0.5, 0.6) is 0 Å². The monoisotopic (exact) mass is 315 g/mol. The van der Waals surface area contributed by atoms with Gasteiger partial charge in [-0.05, 0) is 45.9 Å². The first-order chi connectivity index (χ1) is 8.19. The Kier molecular flexibility index (Phi) is 4.76. The number of hydrogen-bond donors (Lipinski definition) is 2. The summed E-state index contributed by atoms with van der Waals surface area (Å²) in [6.45, 7) is 7.03. The topological polar surface area (TPSA) is 58.6 Å². The fourth-order valence-electron chi connectivity index (χ4n) is 1.41. The van der Waals surface area contributed by atoms with Gasteiger partial charge in [0.05, 0.1) is 6.10 Å². The molecule has 0 aliphatic carbocycles. The Balaban J connectivity index is 2.88. The van der Waals surface area contributed by atoms with Crippen LogP contribution in [-0.2, 0) is 4.74 Å². The van der Waals surface area contributed by atoms with Crippen LogP contribution in [0.3, 0.4) is 0 Å². The van der Waals surface area contributed by atoms with E-state index in [9.17, 15) is 9.90 Å². The zero-order valence-corrected chi connectivity index (χ0v) is 12.5. The predicted octanol–water partition coefficient (Wildman–Crippen LogP) is 3.85. The number of carbonyl (C=O) groups is 1. The molecule has 0 aliphatic heterocycles. The van der Waals surface area contributed by atoms with Crippen LogP contribution in [0.1, 0.15) is 39.4 Å². The van der Waals surface area contributed by atoms with Gasteiger partial charge in [0.15, 0.2) is 0 Å². The molecule has 0 aliphatic rings. The molecular weight excluding hydrogens is 298 g/mol. The summed E-state index contributed by atoms with van der Waals surface area (Å²) >= 11 is 3.32. The maximum absolute atomic E-state index is 11.7. The van der Waals surface area contributed by atoms with Gasteiger partial charge in [-0.25, -0.2) is 4.79 Å². The predicted molar refractivity (Wildman–Crippen MR) is 74.6 cm³/mol. The molecule has 0 fully saturated rings. The lowest BCUT2D eigenvalue weighted by molar-refractivity contribution is 0.0635. The lowest BCUT2D eigenvalue weighted by Crippen LogP contribution is -2.27. The van der Waals surface area contributed by atoms with E-state index in [2.05, 4.69) is 21.2 Å². The number of aliphatic hydroxyl groups excluding tert-OH is 1. The Hall–Kier alpha value is -1.07. The van der Waals surface area contributed by atoms with Crippen LogP contribution in [0.15, 0.2) is 22.7 Å². The Bertz CT molecular complexity index is 438. The normalized spacial score (nSPS) is 13.0. The first kappa shape index (κ1) is 15.0. The van der Waals surface area contributed by atoms with E-state index in [0.717, 1.165) is 4.47 Å². The third-order valence-electron chi connectivity index (χ3n) is 2.10. The number of rotatable bonds is 2. The van der Waals surface area contributed by atoms with E-state index in [1.807, 2.05) is 0 Å². The van der Waals surface area contributed by atoms with Gasteiger partial charge in [0.2, 0.25) is 0 Å². The molecule has 0 saturated carbocycles. The molecule has 0 aromatic heterocycles. The van der Waals surface area contributed by atoms with Crippen molar-refractivity contribution in [2.75, 3.05) is 5.32 Å². The lowest BCUT2D eigenvalue weighted by atomic mass is 10.1. The number of aliphatic hydroxyl groups is 1. The number of carbonyl (C=O) groups excluding carboxylic acids is 1. The number of halogens is 1. The highest BCUT2D eigenvalue weighted by molar-refractivity contribution is 9.10. The number of hydrogen-bond acceptors (Lipinski definition) is 3. The quantitative estimate of drug-likeness (QED) is 0.871. The van der Waals surface area contributed by atoms with E-state index in [-0.39, 0.29) is 0 Å². The molecule has 1 unspecified atom stereocenters. The summed E-state index contributed by atoms with van der Waals surface area (Å²) in [5.74, 6) is 0. The van der Waals surface area contributed by atoms with Crippen molar-refractivity contribution < 1.29 is 14.6 Å². The number of amides is 1. The van der Waals surface area contributed by atoms with Gasteiger partial charge < -0.3 is 9.84 Å². The average Bonchev–Trinajstić information content (AvgIpc) is 2.17. The number of anilines is 1. The summed E-state index contributed by atoms with van der Waals surface area (Å²) in [6, 6.07) is 5.27. The minimum atomic E-state index is -0.674. The van der Waals surface area contributed by atoms with Gasteiger partial charge in [0, 0.05) is 15.7 Å². The molecule has 0 heterocycles. The first-order valence-electron chi connectivity index (χ1n) is 5.66. The van der Waals surface area contributed by atoms with Crippen LogP contribution in [0, 0.1) is 0 Å². The fourth-order valence-corrected chi connectivity index (χ4v) is 1.79. The minimum absolute atomic E-state index is 0.535. The Morgan fingerprint density at radius 2 is 2.06 bits per heavy atom. The molecule has 2 N–H and O–H groups in total. The van der Waals surface area contributed by atoms with Crippen molar-refractivity contribution in [2.24, 2.45) is 0 Å². The molecule has 0 spiro atoms. The van der Waals surface area contributed by atoms with Crippen LogP contribution in [0.2, 0.25) is 0 Å². The molecule has 1 rings (SSSR count). The standard InChI is InChI=1S/C13H18BrNO3/c1-8(16)10-7-9(14)5-6-11(10)15-12(17)18-13(2,3)4/h5-8,16H,1-4H3,(H,15,17). The zero-order chi connectivity index (χ0) is 13.9. The van der Waals surface area contributed by atoms with Crippen LogP contribution >= 0.6 is 15.9 Å². The van der Waals surface area contributed by atoms with Gasteiger partial charge in [0.25, 0.3) is 0 Å². The Morgan fingerprint density at radius 3 is 2.56 bits per heavy atom. The highest BCUT2D eigenvalue weighted by Gasteiger charge is 2.18. The third-order valence-corrected chi connectivity index (χ3v) is 2.59. The first-order valence-corrected chi connectivity index (χ1v) is 6.46. The maximum Gasteiger partial charge on any atom is 0.412 e. The van der Waals surface area contributed by atoms with Crippen LogP contribution < -0.4 is 5.32 Å². The molecule has 1 aromatic carbocycles. The van der Waals surface area contributed by atoms with Crippen LogP contribution in [0.25, 0.3) is 0 Å². The van der Waals surface area contributed by atoms with E-state index in [1.54, 1.807) is 45.9 Å². The molecule has 0 radical (unpaired) electrons. The summed E-state index contributed by atoms with van der Waals surface area (Å²) in [5.41, 5.74) is 0.627. The lowest BCUT2D eigenvalue weighted by Gasteiger charge is -2.21. The number of nitrogens with one attached hydrogen (secondary N) is 1.